The van der Waals surface area contributed by atoms with E-state index in [2.05, 4.69) is 15.6 Å². The molecule has 1 aromatic heterocycles. The summed E-state index contributed by atoms with van der Waals surface area (Å²) < 4.78 is 11.8. The smallest absolute Gasteiger partial charge is 0.338 e. The molecule has 0 radical (unpaired) electrons. The van der Waals surface area contributed by atoms with Gasteiger partial charge in [-0.3, -0.25) is 4.79 Å². The molecule has 1 amide bonds. The van der Waals surface area contributed by atoms with Gasteiger partial charge in [-0.15, -0.1) is 5.10 Å². The van der Waals surface area contributed by atoms with Gasteiger partial charge in [-0.2, -0.15) is 0 Å². The molecular formula is C21H22N4O4. The fraction of sp³-hybridized carbons (Fsp3) is 0.238. The minimum Gasteiger partial charge on any atom is -0.462 e. The Labute approximate surface area is 168 Å². The molecule has 0 aliphatic rings. The Morgan fingerprint density at radius 1 is 1.14 bits per heavy atom. The number of aromatic nitrogens is 3. The van der Waals surface area contributed by atoms with Crippen LogP contribution in [-0.2, 0) is 16.1 Å². The third kappa shape index (κ3) is 4.67. The first-order valence-electron chi connectivity index (χ1n) is 9.12. The molecule has 0 bridgehead atoms. The summed E-state index contributed by atoms with van der Waals surface area (Å²) >= 11 is 0. The van der Waals surface area contributed by atoms with Crippen LogP contribution in [0, 0.1) is 6.92 Å². The fourth-order valence-electron chi connectivity index (χ4n) is 2.81. The molecule has 0 saturated carbocycles. The molecule has 0 atom stereocenters. The number of carbonyl (C=O) groups is 2. The highest BCUT2D eigenvalue weighted by molar-refractivity contribution is 6.03. The van der Waals surface area contributed by atoms with Crippen LogP contribution in [0.25, 0.3) is 5.69 Å². The zero-order valence-corrected chi connectivity index (χ0v) is 16.5. The molecular weight excluding hydrogens is 372 g/mol. The molecule has 0 aliphatic carbocycles. The molecule has 3 rings (SSSR count). The third-order valence-corrected chi connectivity index (χ3v) is 4.16. The number of benzene rings is 2. The van der Waals surface area contributed by atoms with Gasteiger partial charge in [0.15, 0.2) is 5.69 Å². The zero-order chi connectivity index (χ0) is 20.8. The van der Waals surface area contributed by atoms with Crippen molar-refractivity contribution in [1.82, 2.24) is 15.0 Å². The Bertz CT molecular complexity index is 1010. The van der Waals surface area contributed by atoms with E-state index in [1.165, 1.54) is 0 Å². The van der Waals surface area contributed by atoms with E-state index in [0.717, 1.165) is 11.3 Å². The fourth-order valence-corrected chi connectivity index (χ4v) is 2.81. The summed E-state index contributed by atoms with van der Waals surface area (Å²) in [4.78, 5) is 24.5. The van der Waals surface area contributed by atoms with Gasteiger partial charge < -0.3 is 14.8 Å². The van der Waals surface area contributed by atoms with E-state index in [-0.39, 0.29) is 12.3 Å². The minimum atomic E-state index is -0.417. The highest BCUT2D eigenvalue weighted by Gasteiger charge is 2.21. The number of nitrogens with one attached hydrogen (secondary N) is 1. The molecule has 0 fully saturated rings. The number of amides is 1. The first-order chi connectivity index (χ1) is 14.0. The number of esters is 1. The van der Waals surface area contributed by atoms with Gasteiger partial charge >= 0.3 is 5.97 Å². The van der Waals surface area contributed by atoms with Crippen molar-refractivity contribution in [3.8, 4) is 5.69 Å². The Kier molecular flexibility index (Phi) is 6.36. The van der Waals surface area contributed by atoms with Gasteiger partial charge in [-0.1, -0.05) is 17.3 Å². The van der Waals surface area contributed by atoms with Crippen LogP contribution in [0.3, 0.4) is 0 Å². The van der Waals surface area contributed by atoms with Crippen molar-refractivity contribution in [2.24, 2.45) is 0 Å². The number of nitrogens with zero attached hydrogens (tertiary/aromatic N) is 3. The molecule has 8 nitrogen and oxygen atoms in total. The summed E-state index contributed by atoms with van der Waals surface area (Å²) in [6, 6.07) is 14.2. The van der Waals surface area contributed by atoms with E-state index >= 15 is 0 Å². The summed E-state index contributed by atoms with van der Waals surface area (Å²) in [6.07, 6.45) is 0. The highest BCUT2D eigenvalue weighted by Crippen LogP contribution is 2.17. The van der Waals surface area contributed by atoms with Crippen molar-refractivity contribution in [2.75, 3.05) is 19.0 Å². The van der Waals surface area contributed by atoms with Gasteiger partial charge in [-0.05, 0) is 55.8 Å². The van der Waals surface area contributed by atoms with Gasteiger partial charge in [0.05, 0.1) is 24.5 Å². The number of carbonyl (C=O) groups excluding carboxylic acids is 2. The molecule has 2 aromatic carbocycles. The zero-order valence-electron chi connectivity index (χ0n) is 16.5. The van der Waals surface area contributed by atoms with Crippen molar-refractivity contribution >= 4 is 17.6 Å². The second kappa shape index (κ2) is 9.11. The van der Waals surface area contributed by atoms with Crippen LogP contribution in [0.4, 0.5) is 5.69 Å². The maximum absolute atomic E-state index is 12.8. The molecule has 29 heavy (non-hydrogen) atoms. The highest BCUT2D eigenvalue weighted by atomic mass is 16.5. The summed E-state index contributed by atoms with van der Waals surface area (Å²) in [5.41, 5.74) is 3.50. The second-order valence-electron chi connectivity index (χ2n) is 6.32. The second-order valence-corrected chi connectivity index (χ2v) is 6.32. The van der Waals surface area contributed by atoms with E-state index in [0.29, 0.717) is 23.6 Å². The summed E-state index contributed by atoms with van der Waals surface area (Å²) in [5.74, 6) is -0.825. The molecule has 0 spiro atoms. The lowest BCUT2D eigenvalue weighted by Crippen LogP contribution is -2.16. The lowest BCUT2D eigenvalue weighted by Gasteiger charge is -2.09. The van der Waals surface area contributed by atoms with Crippen LogP contribution in [0.1, 0.15) is 39.0 Å². The summed E-state index contributed by atoms with van der Waals surface area (Å²) in [5, 5.41) is 11.0. The van der Waals surface area contributed by atoms with Crippen LogP contribution in [-0.4, -0.2) is 40.6 Å². The van der Waals surface area contributed by atoms with E-state index in [4.69, 9.17) is 9.47 Å². The largest absolute Gasteiger partial charge is 0.462 e. The average molecular weight is 394 g/mol. The van der Waals surface area contributed by atoms with Crippen molar-refractivity contribution in [1.29, 1.82) is 0 Å². The maximum atomic E-state index is 12.8. The van der Waals surface area contributed by atoms with E-state index < -0.39 is 11.9 Å². The standard InChI is InChI=1S/C21H22N4O4/c1-4-29-21(27)15-8-10-16(11-9-15)22-20(26)19-18(13-28-3)25(24-23-19)17-7-5-6-14(2)12-17/h5-12H,4,13H2,1-3H3,(H,22,26). The molecule has 0 aliphatic heterocycles. The predicted octanol–water partition coefficient (Wildman–Crippen LogP) is 3.15. The Morgan fingerprint density at radius 2 is 1.90 bits per heavy atom. The number of ether oxygens (including phenoxy) is 2. The molecule has 3 aromatic rings. The van der Waals surface area contributed by atoms with Gasteiger partial charge in [0.25, 0.3) is 5.91 Å². The van der Waals surface area contributed by atoms with Gasteiger partial charge in [0, 0.05) is 12.8 Å². The summed E-state index contributed by atoms with van der Waals surface area (Å²) in [6.45, 7) is 4.19. The molecule has 1 heterocycles. The van der Waals surface area contributed by atoms with Crippen molar-refractivity contribution in [3.63, 3.8) is 0 Å². The van der Waals surface area contributed by atoms with Crippen LogP contribution in [0.5, 0.6) is 0 Å². The number of methoxy groups -OCH3 is 1. The van der Waals surface area contributed by atoms with Crippen LogP contribution in [0.2, 0.25) is 0 Å². The predicted molar refractivity (Wildman–Crippen MR) is 107 cm³/mol. The van der Waals surface area contributed by atoms with E-state index in [9.17, 15) is 9.59 Å². The van der Waals surface area contributed by atoms with Crippen LogP contribution in [0.15, 0.2) is 48.5 Å². The quantitative estimate of drug-likeness (QED) is 0.619. The lowest BCUT2D eigenvalue weighted by molar-refractivity contribution is 0.0526. The average Bonchev–Trinajstić information content (AvgIpc) is 3.13. The molecule has 0 unspecified atom stereocenters. The lowest BCUT2D eigenvalue weighted by atomic mass is 10.2. The van der Waals surface area contributed by atoms with E-state index in [1.54, 1.807) is 43.0 Å². The monoisotopic (exact) mass is 394 g/mol. The van der Waals surface area contributed by atoms with Crippen LogP contribution >= 0.6 is 0 Å². The van der Waals surface area contributed by atoms with Gasteiger partial charge in [0.1, 0.15) is 5.69 Å². The first kappa shape index (κ1) is 20.2. The maximum Gasteiger partial charge on any atom is 0.338 e. The first-order valence-corrected chi connectivity index (χ1v) is 9.12. The Morgan fingerprint density at radius 3 is 2.55 bits per heavy atom. The van der Waals surface area contributed by atoms with Crippen molar-refractivity contribution in [3.05, 3.63) is 71.0 Å². The van der Waals surface area contributed by atoms with Gasteiger partial charge in [0.2, 0.25) is 0 Å². The molecule has 150 valence electrons. The minimum absolute atomic E-state index is 0.169. The van der Waals surface area contributed by atoms with Crippen molar-refractivity contribution < 1.29 is 19.1 Å². The SMILES string of the molecule is CCOC(=O)c1ccc(NC(=O)c2nnn(-c3cccc(C)c3)c2COC)cc1. The molecule has 8 heteroatoms. The topological polar surface area (TPSA) is 95.3 Å². The van der Waals surface area contributed by atoms with E-state index in [1.807, 2.05) is 31.2 Å². The van der Waals surface area contributed by atoms with Gasteiger partial charge in [-0.25, -0.2) is 9.48 Å². The number of rotatable bonds is 7. The number of aryl methyl sites for hydroxylation is 1. The molecule has 1 N–H and O–H groups in total. The Hall–Kier alpha value is -3.52. The Balaban J connectivity index is 1.83. The normalized spacial score (nSPS) is 10.6. The van der Waals surface area contributed by atoms with Crippen molar-refractivity contribution in [2.45, 2.75) is 20.5 Å². The summed E-state index contributed by atoms with van der Waals surface area (Å²) in [7, 11) is 1.55. The number of anilines is 1. The number of hydrogen-bond donors (Lipinski definition) is 1. The third-order valence-electron chi connectivity index (χ3n) is 4.16. The van der Waals surface area contributed by atoms with Crippen LogP contribution < -0.4 is 5.32 Å². The number of hydrogen-bond acceptors (Lipinski definition) is 6. The molecule has 0 saturated heterocycles.